The molecule has 0 atom stereocenters. The molecule has 0 spiro atoms. The summed E-state index contributed by atoms with van der Waals surface area (Å²) in [5.41, 5.74) is 1.01. The van der Waals surface area contributed by atoms with Crippen LogP contribution in [0.25, 0.3) is 0 Å². The van der Waals surface area contributed by atoms with Crippen LogP contribution < -0.4 is 20.3 Å². The topological polar surface area (TPSA) is 171 Å². The molecule has 0 fully saturated rings. The summed E-state index contributed by atoms with van der Waals surface area (Å²) in [5.74, 6) is -1.09. The molecule has 12 nitrogen and oxygen atoms in total. The van der Waals surface area contributed by atoms with Crippen molar-refractivity contribution in [2.75, 3.05) is 15.5 Å². The number of benzene rings is 2. The summed E-state index contributed by atoms with van der Waals surface area (Å²) in [4.78, 5) is 39.1. The number of sulfonamides is 2. The van der Waals surface area contributed by atoms with Crippen molar-refractivity contribution in [1.29, 1.82) is 0 Å². The van der Waals surface area contributed by atoms with Crippen LogP contribution in [-0.4, -0.2) is 40.5 Å². The van der Waals surface area contributed by atoms with Crippen molar-refractivity contribution >= 4 is 83.7 Å². The highest BCUT2D eigenvalue weighted by Crippen LogP contribution is 2.34. The van der Waals surface area contributed by atoms with Crippen molar-refractivity contribution in [2.24, 2.45) is 4.40 Å². The number of amides is 4. The molecule has 1 aromatic heterocycles. The van der Waals surface area contributed by atoms with Gasteiger partial charge in [0.1, 0.15) is 14.9 Å². The number of halogens is 1. The van der Waals surface area contributed by atoms with Crippen molar-refractivity contribution < 1.29 is 31.2 Å². The van der Waals surface area contributed by atoms with Gasteiger partial charge in [-0.3, -0.25) is 9.59 Å². The summed E-state index contributed by atoms with van der Waals surface area (Å²) in [7, 11) is -8.14. The number of nitrogens with zero attached hydrogens (tertiary/aromatic N) is 2. The number of nitrogens with one attached hydrogen (secondary N) is 3. The van der Waals surface area contributed by atoms with Crippen molar-refractivity contribution in [3.05, 3.63) is 64.0 Å². The monoisotopic (exact) mass is 593 g/mol. The van der Waals surface area contributed by atoms with Crippen LogP contribution in [0.3, 0.4) is 0 Å². The lowest BCUT2D eigenvalue weighted by atomic mass is 9.97. The number of carbonyl (C=O) groups is 3. The molecule has 3 aromatic rings. The number of anilines is 3. The standard InChI is InChI=1S/C22H16ClN5O7S3/c1-11-24-16-8-12-9-19(29)28(21(30)15(12)10-17(16)37(32,33)26-11)14-4-2-13(3-5-14)25-22(31)27-38(34,35)20-7-6-18(23)36-20/h2-8,10H,9H2,1H3,(H,24,26)(H2,25,27,31). The van der Waals surface area contributed by atoms with Crippen molar-refractivity contribution in [3.8, 4) is 0 Å². The van der Waals surface area contributed by atoms with E-state index in [-0.39, 0.29) is 48.3 Å². The van der Waals surface area contributed by atoms with Gasteiger partial charge in [-0.2, -0.15) is 8.42 Å². The molecule has 0 saturated carbocycles. The van der Waals surface area contributed by atoms with Crippen LogP contribution in [0.15, 0.2) is 62.0 Å². The van der Waals surface area contributed by atoms with E-state index in [1.807, 2.05) is 4.72 Å². The summed E-state index contributed by atoms with van der Waals surface area (Å²) < 4.78 is 55.1. The second kappa shape index (κ2) is 9.20. The van der Waals surface area contributed by atoms with Gasteiger partial charge in [0.15, 0.2) is 0 Å². The summed E-state index contributed by atoms with van der Waals surface area (Å²) in [6.07, 6.45) is -0.153. The van der Waals surface area contributed by atoms with Gasteiger partial charge in [-0.25, -0.2) is 22.8 Å². The first kappa shape index (κ1) is 25.8. The molecule has 3 heterocycles. The minimum atomic E-state index is -4.13. The summed E-state index contributed by atoms with van der Waals surface area (Å²) in [6.45, 7) is 1.48. The largest absolute Gasteiger partial charge is 0.342 e. The Kier molecular flexibility index (Phi) is 6.25. The Bertz CT molecular complexity index is 1780. The van der Waals surface area contributed by atoms with Gasteiger partial charge < -0.3 is 10.6 Å². The third-order valence-corrected chi connectivity index (χ3v) is 9.97. The minimum Gasteiger partial charge on any atom is -0.342 e. The fourth-order valence-corrected chi connectivity index (χ4v) is 7.48. The molecule has 196 valence electrons. The van der Waals surface area contributed by atoms with Crippen LogP contribution in [0, 0.1) is 0 Å². The zero-order valence-corrected chi connectivity index (χ0v) is 22.4. The van der Waals surface area contributed by atoms with E-state index in [1.165, 1.54) is 55.5 Å². The summed E-state index contributed by atoms with van der Waals surface area (Å²) in [6, 6.07) is 9.79. The van der Waals surface area contributed by atoms with E-state index in [2.05, 4.69) is 15.0 Å². The van der Waals surface area contributed by atoms with Gasteiger partial charge in [-0.05, 0) is 61.0 Å². The van der Waals surface area contributed by atoms with Crippen LogP contribution >= 0.6 is 22.9 Å². The number of thiophene rings is 1. The molecule has 38 heavy (non-hydrogen) atoms. The highest BCUT2D eigenvalue weighted by Gasteiger charge is 2.35. The molecule has 2 aliphatic rings. The molecule has 2 aliphatic heterocycles. The zero-order valence-electron chi connectivity index (χ0n) is 19.2. The van der Waals surface area contributed by atoms with Crippen molar-refractivity contribution in [1.82, 2.24) is 4.72 Å². The second-order valence-corrected chi connectivity index (χ2v) is 13.4. The zero-order chi connectivity index (χ0) is 27.4. The molecule has 0 saturated heterocycles. The summed E-state index contributed by atoms with van der Waals surface area (Å²) in [5, 5.41) is 5.19. The SMILES string of the molecule is CC1=NS(=O)(=O)c2cc3c(cc2N1)CC(=O)N(c1ccc(NC(=O)NS(=O)(=O)c2ccc(Cl)s2)cc1)C3=O. The van der Waals surface area contributed by atoms with Gasteiger partial charge in [-0.15, -0.1) is 15.7 Å². The van der Waals surface area contributed by atoms with Crippen LogP contribution in [0.2, 0.25) is 4.34 Å². The lowest BCUT2D eigenvalue weighted by Crippen LogP contribution is -2.42. The van der Waals surface area contributed by atoms with E-state index in [4.69, 9.17) is 11.6 Å². The Hall–Kier alpha value is -3.79. The van der Waals surface area contributed by atoms with E-state index in [9.17, 15) is 31.2 Å². The molecular formula is C22H16ClN5O7S3. The quantitative estimate of drug-likeness (QED) is 0.387. The van der Waals surface area contributed by atoms with Gasteiger partial charge in [0, 0.05) is 11.3 Å². The Morgan fingerprint density at radius 1 is 1.13 bits per heavy atom. The molecule has 5 rings (SSSR count). The number of rotatable bonds is 4. The second-order valence-electron chi connectivity index (χ2n) is 8.16. The van der Waals surface area contributed by atoms with Crippen molar-refractivity contribution in [3.63, 3.8) is 0 Å². The number of hydrogen-bond donors (Lipinski definition) is 3. The van der Waals surface area contributed by atoms with Crippen LogP contribution in [0.1, 0.15) is 22.8 Å². The van der Waals surface area contributed by atoms with Crippen LogP contribution in [0.5, 0.6) is 0 Å². The Labute approximate surface area is 225 Å². The lowest BCUT2D eigenvalue weighted by molar-refractivity contribution is -0.117. The van der Waals surface area contributed by atoms with Gasteiger partial charge >= 0.3 is 6.03 Å². The van der Waals surface area contributed by atoms with Crippen molar-refractivity contribution in [2.45, 2.75) is 22.4 Å². The molecular weight excluding hydrogens is 578 g/mol. The van der Waals surface area contributed by atoms with E-state index in [0.29, 0.717) is 5.56 Å². The maximum absolute atomic E-state index is 13.2. The summed E-state index contributed by atoms with van der Waals surface area (Å²) >= 11 is 6.53. The first-order chi connectivity index (χ1) is 17.8. The number of imide groups is 1. The van der Waals surface area contributed by atoms with E-state index < -0.39 is 37.9 Å². The molecule has 3 N–H and O–H groups in total. The lowest BCUT2D eigenvalue weighted by Gasteiger charge is -2.28. The predicted octanol–water partition coefficient (Wildman–Crippen LogP) is 3.17. The highest BCUT2D eigenvalue weighted by molar-refractivity contribution is 7.92. The number of fused-ring (bicyclic) bond motifs is 2. The van der Waals surface area contributed by atoms with Crippen LogP contribution in [-0.2, 0) is 31.3 Å². The predicted molar refractivity (Wildman–Crippen MR) is 141 cm³/mol. The maximum atomic E-state index is 13.2. The van der Waals surface area contributed by atoms with E-state index in [1.54, 1.807) is 0 Å². The Morgan fingerprint density at radius 3 is 2.50 bits per heavy atom. The Morgan fingerprint density at radius 2 is 1.84 bits per heavy atom. The average molecular weight is 594 g/mol. The molecule has 0 radical (unpaired) electrons. The molecule has 0 unspecified atom stereocenters. The minimum absolute atomic E-state index is 0.0453. The third-order valence-electron chi connectivity index (χ3n) is 5.50. The first-order valence-corrected chi connectivity index (χ1v) is 14.8. The van der Waals surface area contributed by atoms with Gasteiger partial charge in [0.25, 0.3) is 26.0 Å². The highest BCUT2D eigenvalue weighted by atomic mass is 35.5. The van der Waals surface area contributed by atoms with Crippen LogP contribution in [0.4, 0.5) is 21.9 Å². The Balaban J connectivity index is 1.35. The molecule has 2 aromatic carbocycles. The van der Waals surface area contributed by atoms with E-state index >= 15 is 0 Å². The molecule has 0 aliphatic carbocycles. The number of carbonyl (C=O) groups excluding carboxylic acids is 3. The third kappa shape index (κ3) is 4.76. The van der Waals surface area contributed by atoms with Gasteiger partial charge in [-0.1, -0.05) is 11.6 Å². The van der Waals surface area contributed by atoms with E-state index in [0.717, 1.165) is 16.2 Å². The number of hydrogen-bond acceptors (Lipinski definition) is 9. The fraction of sp³-hybridized carbons (Fsp3) is 0.0909. The normalized spacial score (nSPS) is 16.2. The molecule has 4 amide bonds. The first-order valence-electron chi connectivity index (χ1n) is 10.7. The number of urea groups is 1. The number of amidine groups is 1. The fourth-order valence-electron chi connectivity index (χ4n) is 3.93. The molecule has 16 heteroatoms. The molecule has 0 bridgehead atoms. The smallest absolute Gasteiger partial charge is 0.333 e. The maximum Gasteiger partial charge on any atom is 0.333 e. The van der Waals surface area contributed by atoms with Gasteiger partial charge in [0.2, 0.25) is 5.91 Å². The average Bonchev–Trinajstić information content (AvgIpc) is 3.26. The van der Waals surface area contributed by atoms with Gasteiger partial charge in [0.05, 0.1) is 22.1 Å².